The molecule has 0 aromatic heterocycles. The lowest BCUT2D eigenvalue weighted by atomic mass is 9.47. The molecule has 0 aliphatic heterocycles. The molecule has 26 heavy (non-hydrogen) atoms. The number of carbonyl (C=O) groups excluding carboxylic acids is 1. The fourth-order valence-electron chi connectivity index (χ4n) is 7.60. The second-order valence-corrected chi connectivity index (χ2v) is 9.96. The molecule has 0 heterocycles. The Balaban J connectivity index is 1.63. The first-order valence-corrected chi connectivity index (χ1v) is 10.9. The summed E-state index contributed by atoms with van der Waals surface area (Å²) in [5, 5.41) is 0. The molecule has 0 bridgehead atoms. The summed E-state index contributed by atoms with van der Waals surface area (Å²) < 4.78 is 5.84. The fraction of sp³-hybridized carbons (Fsp3) is 0.792. The van der Waals surface area contributed by atoms with Gasteiger partial charge in [-0.15, -0.1) is 0 Å². The number of hydrogen-bond acceptors (Lipinski definition) is 2. The van der Waals surface area contributed by atoms with Crippen molar-refractivity contribution in [1.29, 1.82) is 0 Å². The average molecular weight is 357 g/mol. The van der Waals surface area contributed by atoms with Gasteiger partial charge in [0.2, 0.25) is 0 Å². The summed E-state index contributed by atoms with van der Waals surface area (Å²) in [6.07, 6.45) is 14.9. The molecule has 0 radical (unpaired) electrons. The molecule has 0 aromatic rings. The summed E-state index contributed by atoms with van der Waals surface area (Å²) in [5.74, 6) is 4.44. The highest BCUT2D eigenvalue weighted by molar-refractivity contribution is 5.53. The van der Waals surface area contributed by atoms with Gasteiger partial charge in [-0.3, -0.25) is 0 Å². The lowest BCUT2D eigenvalue weighted by Gasteiger charge is -2.57. The molecule has 0 saturated heterocycles. The van der Waals surface area contributed by atoms with Crippen molar-refractivity contribution in [3.63, 3.8) is 0 Å². The molecule has 4 aliphatic carbocycles. The predicted octanol–water partition coefficient (Wildman–Crippen LogP) is 5.93. The van der Waals surface area contributed by atoms with Crippen molar-refractivity contribution in [2.45, 2.75) is 72.6 Å². The van der Waals surface area contributed by atoms with Crippen LogP contribution in [0, 0.1) is 40.4 Å². The van der Waals surface area contributed by atoms with Gasteiger partial charge in [-0.05, 0) is 91.6 Å². The van der Waals surface area contributed by atoms with Gasteiger partial charge < -0.3 is 9.53 Å². The van der Waals surface area contributed by atoms with Crippen molar-refractivity contribution < 1.29 is 9.53 Å². The molecule has 0 spiro atoms. The minimum absolute atomic E-state index is 0.221. The molecule has 0 N–H and O–H groups in total. The second-order valence-electron chi connectivity index (χ2n) is 9.96. The Morgan fingerprint density at radius 2 is 2.04 bits per heavy atom. The quantitative estimate of drug-likeness (QED) is 0.583. The number of aldehydes is 1. The van der Waals surface area contributed by atoms with Crippen molar-refractivity contribution >= 4 is 6.29 Å². The van der Waals surface area contributed by atoms with Crippen LogP contribution in [0.15, 0.2) is 23.5 Å². The first-order chi connectivity index (χ1) is 12.4. The monoisotopic (exact) mass is 356 g/mol. The van der Waals surface area contributed by atoms with E-state index in [1.165, 1.54) is 50.6 Å². The Morgan fingerprint density at radius 1 is 1.23 bits per heavy atom. The van der Waals surface area contributed by atoms with E-state index < -0.39 is 0 Å². The van der Waals surface area contributed by atoms with E-state index >= 15 is 0 Å². The molecule has 144 valence electrons. The molecular weight excluding hydrogens is 320 g/mol. The number of allylic oxidation sites excluding steroid dienone is 4. The largest absolute Gasteiger partial charge is 0.498 e. The number of carbonyl (C=O) groups is 1. The highest BCUT2D eigenvalue weighted by atomic mass is 16.5. The third kappa shape index (κ3) is 2.54. The molecule has 2 nitrogen and oxygen atoms in total. The summed E-state index contributed by atoms with van der Waals surface area (Å²) in [7, 11) is 0. The normalized spacial score (nSPS) is 45.5. The molecule has 7 atom stereocenters. The Labute approximate surface area is 159 Å². The van der Waals surface area contributed by atoms with Crippen LogP contribution in [0.25, 0.3) is 0 Å². The molecule has 0 aromatic carbocycles. The Hall–Kier alpha value is -1.05. The summed E-state index contributed by atoms with van der Waals surface area (Å²) in [6.45, 7) is 10.1. The Bertz CT molecular complexity index is 632. The third-order valence-electron chi connectivity index (χ3n) is 8.98. The zero-order valence-electron chi connectivity index (χ0n) is 17.1. The molecule has 2 heteroatoms. The third-order valence-corrected chi connectivity index (χ3v) is 8.98. The van der Waals surface area contributed by atoms with Crippen molar-refractivity contribution in [3.05, 3.63) is 23.5 Å². The zero-order valence-corrected chi connectivity index (χ0v) is 17.1. The van der Waals surface area contributed by atoms with Crippen molar-refractivity contribution in [2.75, 3.05) is 6.61 Å². The van der Waals surface area contributed by atoms with Gasteiger partial charge in [0.05, 0.1) is 12.4 Å². The van der Waals surface area contributed by atoms with Gasteiger partial charge in [-0.25, -0.2) is 0 Å². The van der Waals surface area contributed by atoms with E-state index in [1.54, 1.807) is 5.57 Å². The second kappa shape index (κ2) is 6.53. The van der Waals surface area contributed by atoms with E-state index in [9.17, 15) is 4.79 Å². The molecule has 4 aliphatic rings. The fourth-order valence-corrected chi connectivity index (χ4v) is 7.60. The van der Waals surface area contributed by atoms with Crippen LogP contribution in [0.1, 0.15) is 72.6 Å². The molecule has 2 saturated carbocycles. The number of fused-ring (bicyclic) bond motifs is 5. The summed E-state index contributed by atoms with van der Waals surface area (Å²) in [4.78, 5) is 11.5. The van der Waals surface area contributed by atoms with E-state index in [1.807, 2.05) is 0 Å². The summed E-state index contributed by atoms with van der Waals surface area (Å²) >= 11 is 0. The number of hydrogen-bond donors (Lipinski definition) is 0. The van der Waals surface area contributed by atoms with Gasteiger partial charge in [0.1, 0.15) is 6.29 Å². The summed E-state index contributed by atoms with van der Waals surface area (Å²) in [5.41, 5.74) is 2.26. The Morgan fingerprint density at radius 3 is 2.77 bits per heavy atom. The maximum absolute atomic E-state index is 11.5. The highest BCUT2D eigenvalue weighted by Gasteiger charge is 2.58. The molecule has 4 unspecified atom stereocenters. The number of ether oxygens (including phenoxy) is 1. The van der Waals surface area contributed by atoms with Crippen molar-refractivity contribution in [2.24, 2.45) is 40.4 Å². The molecular formula is C24H36O2. The summed E-state index contributed by atoms with van der Waals surface area (Å²) in [6, 6.07) is 0. The predicted molar refractivity (Wildman–Crippen MR) is 106 cm³/mol. The number of rotatable bonds is 4. The minimum atomic E-state index is 0.221. The van der Waals surface area contributed by atoms with Crippen LogP contribution in [0.4, 0.5) is 0 Å². The topological polar surface area (TPSA) is 26.3 Å². The van der Waals surface area contributed by atoms with E-state index in [4.69, 9.17) is 4.74 Å². The molecule has 0 amide bonds. The van der Waals surface area contributed by atoms with E-state index in [0.717, 1.165) is 30.8 Å². The van der Waals surface area contributed by atoms with E-state index in [-0.39, 0.29) is 5.92 Å². The minimum Gasteiger partial charge on any atom is -0.498 e. The van der Waals surface area contributed by atoms with Gasteiger partial charge in [-0.2, -0.15) is 0 Å². The van der Waals surface area contributed by atoms with Crippen molar-refractivity contribution in [1.82, 2.24) is 0 Å². The van der Waals surface area contributed by atoms with E-state index in [2.05, 4.69) is 39.8 Å². The SMILES string of the molecule is CCOC1=CC2=CCC3C4CCC([C@H](C)C=O)[C@@]4(C)CCC3[C@@]2(C)CC1. The highest BCUT2D eigenvalue weighted by Crippen LogP contribution is 2.66. The van der Waals surface area contributed by atoms with Crippen LogP contribution in [-0.4, -0.2) is 12.9 Å². The van der Waals surface area contributed by atoms with Crippen LogP contribution < -0.4 is 0 Å². The zero-order chi connectivity index (χ0) is 18.5. The van der Waals surface area contributed by atoms with Gasteiger partial charge in [0, 0.05) is 12.3 Å². The first-order valence-electron chi connectivity index (χ1n) is 10.9. The van der Waals surface area contributed by atoms with Crippen LogP contribution in [0.2, 0.25) is 0 Å². The van der Waals surface area contributed by atoms with Crippen molar-refractivity contribution in [3.8, 4) is 0 Å². The van der Waals surface area contributed by atoms with Gasteiger partial charge in [0.15, 0.2) is 0 Å². The Kier molecular flexibility index (Phi) is 4.60. The smallest absolute Gasteiger partial charge is 0.123 e. The van der Waals surface area contributed by atoms with Gasteiger partial charge in [0.25, 0.3) is 0 Å². The van der Waals surface area contributed by atoms with Crippen LogP contribution in [-0.2, 0) is 9.53 Å². The first kappa shape index (κ1) is 18.3. The maximum atomic E-state index is 11.5. The standard InChI is InChI=1S/C24H36O2/c1-5-26-18-10-12-23(3)17(14-18)6-7-19-21-9-8-20(16(2)15-25)24(21,4)13-11-22(19)23/h6,14-16,19-22H,5,7-13H2,1-4H3/t16-,19?,20?,21?,22?,23+,24-/m1/s1. The van der Waals surface area contributed by atoms with Crippen LogP contribution in [0.5, 0.6) is 0 Å². The van der Waals surface area contributed by atoms with Gasteiger partial charge >= 0.3 is 0 Å². The molecule has 4 rings (SSSR count). The van der Waals surface area contributed by atoms with Gasteiger partial charge in [-0.1, -0.05) is 26.8 Å². The maximum Gasteiger partial charge on any atom is 0.123 e. The molecule has 2 fully saturated rings. The van der Waals surface area contributed by atoms with Crippen LogP contribution in [0.3, 0.4) is 0 Å². The van der Waals surface area contributed by atoms with Crippen LogP contribution >= 0.6 is 0 Å². The lowest BCUT2D eigenvalue weighted by Crippen LogP contribution is -2.49. The lowest BCUT2D eigenvalue weighted by molar-refractivity contribution is -0.115. The van der Waals surface area contributed by atoms with E-state index in [0.29, 0.717) is 16.7 Å². The average Bonchev–Trinajstić information content (AvgIpc) is 2.99.